The van der Waals surface area contributed by atoms with Gasteiger partial charge in [-0.05, 0) is 45.9 Å². The topological polar surface area (TPSA) is 6.48 Å². The van der Waals surface area contributed by atoms with Crippen LogP contribution in [0.15, 0.2) is 48.8 Å². The molecule has 0 bridgehead atoms. The summed E-state index contributed by atoms with van der Waals surface area (Å²) in [5.74, 6) is 0.711. The lowest BCUT2D eigenvalue weighted by atomic mass is 9.71. The number of rotatable bonds is 7. The maximum absolute atomic E-state index is 14.0. The van der Waals surface area contributed by atoms with Gasteiger partial charge in [-0.3, -0.25) is 0 Å². The van der Waals surface area contributed by atoms with Gasteiger partial charge in [0.1, 0.15) is 0 Å². The van der Waals surface area contributed by atoms with Crippen LogP contribution >= 0.6 is 0 Å². The lowest BCUT2D eigenvalue weighted by molar-refractivity contribution is -0.0480. The minimum absolute atomic E-state index is 0.178. The van der Waals surface area contributed by atoms with Gasteiger partial charge in [0.05, 0.1) is 6.07 Å². The molecule has 0 fully saturated rings. The zero-order valence-electron chi connectivity index (χ0n) is 21.6. The number of hydrogen-bond donors (Lipinski definition) is 0. The van der Waals surface area contributed by atoms with E-state index in [1.165, 1.54) is 0 Å². The van der Waals surface area contributed by atoms with Crippen LogP contribution in [0.1, 0.15) is 101 Å². The molecule has 0 atom stereocenters. The summed E-state index contributed by atoms with van der Waals surface area (Å²) in [6.07, 6.45) is -0.787. The summed E-state index contributed by atoms with van der Waals surface area (Å²) in [5, 5.41) is 0. The van der Waals surface area contributed by atoms with Crippen LogP contribution in [-0.4, -0.2) is 19.4 Å². The molecule has 1 aliphatic rings. The van der Waals surface area contributed by atoms with Crippen LogP contribution in [0.4, 0.5) is 24.5 Å². The SMILES string of the molecule is CC(C)c1cccc(C(C)C)c1N1C=CN(c2c(C(C)C)cccc2C(C)C)C1[B]C(F)(F)F. The lowest BCUT2D eigenvalue weighted by Crippen LogP contribution is -2.50. The van der Waals surface area contributed by atoms with Crippen molar-refractivity contribution in [3.05, 3.63) is 71.1 Å². The Bertz CT molecular complexity index is 899. The molecule has 3 rings (SSSR count). The van der Waals surface area contributed by atoms with Gasteiger partial charge in [-0.1, -0.05) is 91.8 Å². The quantitative estimate of drug-likeness (QED) is 0.375. The van der Waals surface area contributed by atoms with Gasteiger partial charge in [0.15, 0.2) is 0 Å². The molecule has 0 unspecified atom stereocenters. The average Bonchev–Trinajstić information content (AvgIpc) is 3.13. The first-order chi connectivity index (χ1) is 15.8. The highest BCUT2D eigenvalue weighted by molar-refractivity contribution is 6.42. The van der Waals surface area contributed by atoms with Crippen molar-refractivity contribution in [3.63, 3.8) is 0 Å². The van der Waals surface area contributed by atoms with Gasteiger partial charge >= 0.3 is 13.4 Å². The first kappa shape index (κ1) is 26.2. The van der Waals surface area contributed by atoms with Crippen LogP contribution in [0.3, 0.4) is 0 Å². The minimum Gasteiger partial charge on any atom is -0.332 e. The largest absolute Gasteiger partial charge is 0.344 e. The van der Waals surface area contributed by atoms with Crippen LogP contribution in [0.5, 0.6) is 0 Å². The van der Waals surface area contributed by atoms with Crippen molar-refractivity contribution in [1.82, 2.24) is 0 Å². The molecular weight excluding hydrogens is 432 g/mol. The molecule has 1 aliphatic heterocycles. The Kier molecular flexibility index (Phi) is 7.79. The third-order valence-corrected chi connectivity index (χ3v) is 6.50. The number of benzene rings is 2. The summed E-state index contributed by atoms with van der Waals surface area (Å²) in [4.78, 5) is 3.64. The van der Waals surface area contributed by atoms with Crippen molar-refractivity contribution in [2.75, 3.05) is 9.80 Å². The summed E-state index contributed by atoms with van der Waals surface area (Å²) in [6, 6.07) is 11.2. The molecule has 34 heavy (non-hydrogen) atoms. The molecule has 1 radical (unpaired) electrons. The van der Waals surface area contributed by atoms with Crippen molar-refractivity contribution in [2.24, 2.45) is 0 Å². The summed E-state index contributed by atoms with van der Waals surface area (Å²) < 4.78 is 42.0. The predicted octanol–water partition coefficient (Wildman–Crippen LogP) is 8.49. The zero-order valence-corrected chi connectivity index (χ0v) is 21.6. The van der Waals surface area contributed by atoms with E-state index in [9.17, 15) is 13.2 Å². The lowest BCUT2D eigenvalue weighted by Gasteiger charge is -2.38. The molecule has 1 heterocycles. The van der Waals surface area contributed by atoms with Gasteiger partial charge in [-0.15, -0.1) is 0 Å². The van der Waals surface area contributed by atoms with Crippen LogP contribution in [-0.2, 0) is 0 Å². The van der Waals surface area contributed by atoms with Crippen molar-refractivity contribution >= 4 is 18.7 Å². The van der Waals surface area contributed by atoms with E-state index >= 15 is 0 Å². The summed E-state index contributed by atoms with van der Waals surface area (Å²) in [7, 11) is 0.523. The molecule has 0 saturated carbocycles. The van der Waals surface area contributed by atoms with E-state index < -0.39 is 12.1 Å². The molecular formula is C28H37BF3N2. The summed E-state index contributed by atoms with van der Waals surface area (Å²) >= 11 is 0. The first-order valence-electron chi connectivity index (χ1n) is 12.3. The molecule has 0 saturated heterocycles. The van der Waals surface area contributed by atoms with Crippen molar-refractivity contribution < 1.29 is 13.2 Å². The monoisotopic (exact) mass is 469 g/mol. The Morgan fingerprint density at radius 3 is 1.15 bits per heavy atom. The highest BCUT2D eigenvalue weighted by Crippen LogP contribution is 2.43. The maximum atomic E-state index is 14.0. The Morgan fingerprint density at radius 1 is 0.618 bits per heavy atom. The van der Waals surface area contributed by atoms with E-state index in [2.05, 4.69) is 55.4 Å². The van der Waals surface area contributed by atoms with Crippen LogP contribution in [0.2, 0.25) is 0 Å². The fraction of sp³-hybridized carbons (Fsp3) is 0.500. The van der Waals surface area contributed by atoms with Gasteiger partial charge < -0.3 is 9.80 Å². The summed E-state index contributed by atoms with van der Waals surface area (Å²) in [6.45, 7) is 16.7. The maximum Gasteiger partial charge on any atom is 0.344 e. The molecule has 183 valence electrons. The van der Waals surface area contributed by atoms with E-state index in [1.54, 1.807) is 0 Å². The number of para-hydroxylation sites is 2. The number of nitrogens with zero attached hydrogens (tertiary/aromatic N) is 2. The van der Waals surface area contributed by atoms with E-state index in [-0.39, 0.29) is 23.7 Å². The number of hydrogen-bond acceptors (Lipinski definition) is 2. The molecule has 0 amide bonds. The number of halogens is 3. The smallest absolute Gasteiger partial charge is 0.332 e. The van der Waals surface area contributed by atoms with Crippen molar-refractivity contribution in [3.8, 4) is 0 Å². The third kappa shape index (κ3) is 5.31. The van der Waals surface area contributed by atoms with Crippen LogP contribution in [0, 0.1) is 0 Å². The normalized spacial score (nSPS) is 15.0. The first-order valence-corrected chi connectivity index (χ1v) is 12.3. The van der Waals surface area contributed by atoms with E-state index in [0.717, 1.165) is 33.6 Å². The van der Waals surface area contributed by atoms with Crippen LogP contribution in [0.25, 0.3) is 0 Å². The molecule has 0 spiro atoms. The highest BCUT2D eigenvalue weighted by Gasteiger charge is 2.43. The van der Waals surface area contributed by atoms with Crippen molar-refractivity contribution in [1.29, 1.82) is 0 Å². The average molecular weight is 469 g/mol. The Morgan fingerprint density at radius 2 is 0.912 bits per heavy atom. The van der Waals surface area contributed by atoms with E-state index in [4.69, 9.17) is 0 Å². The Hall–Kier alpha value is -2.37. The molecule has 2 aromatic carbocycles. The zero-order chi connectivity index (χ0) is 25.4. The second-order valence-corrected chi connectivity index (χ2v) is 10.4. The van der Waals surface area contributed by atoms with Gasteiger partial charge in [0, 0.05) is 23.8 Å². The van der Waals surface area contributed by atoms with Gasteiger partial charge in [0.25, 0.3) is 0 Å². The second kappa shape index (κ2) is 10.1. The number of alkyl halides is 3. The highest BCUT2D eigenvalue weighted by atomic mass is 19.4. The Labute approximate surface area is 204 Å². The molecule has 0 N–H and O–H groups in total. The molecule has 2 nitrogen and oxygen atoms in total. The van der Waals surface area contributed by atoms with Crippen LogP contribution < -0.4 is 9.80 Å². The standard InChI is InChI=1S/C28H37BF3N2/c1-17(2)21-11-9-12-22(18(3)4)25(21)33-15-16-34(27(33)29-28(30,31)32)26-23(19(5)6)13-10-14-24(26)20(7)8/h9-20,27H,1-8H3. The molecule has 2 aromatic rings. The Balaban J connectivity index is 2.25. The summed E-state index contributed by atoms with van der Waals surface area (Å²) in [5.41, 5.74) is 5.98. The van der Waals surface area contributed by atoms with Crippen molar-refractivity contribution in [2.45, 2.75) is 91.2 Å². The molecule has 0 aromatic heterocycles. The van der Waals surface area contributed by atoms with Gasteiger partial charge in [-0.25, -0.2) is 0 Å². The molecule has 0 aliphatic carbocycles. The van der Waals surface area contributed by atoms with E-state index in [1.807, 2.05) is 58.6 Å². The van der Waals surface area contributed by atoms with Gasteiger partial charge in [0.2, 0.25) is 0 Å². The minimum atomic E-state index is -4.43. The molecule has 6 heteroatoms. The van der Waals surface area contributed by atoms with Gasteiger partial charge in [-0.2, -0.15) is 13.2 Å². The second-order valence-electron chi connectivity index (χ2n) is 10.4. The third-order valence-electron chi connectivity index (χ3n) is 6.50. The predicted molar refractivity (Wildman–Crippen MR) is 139 cm³/mol. The fourth-order valence-electron chi connectivity index (χ4n) is 4.82. The number of anilines is 2. The van der Waals surface area contributed by atoms with E-state index in [0.29, 0.717) is 7.28 Å². The fourth-order valence-corrected chi connectivity index (χ4v) is 4.82.